The third-order valence-electron chi connectivity index (χ3n) is 2.24. The molecule has 1 saturated heterocycles. The van der Waals surface area contributed by atoms with Crippen molar-refractivity contribution in [1.29, 1.82) is 0 Å². The van der Waals surface area contributed by atoms with Crippen LogP contribution in [0, 0.1) is 11.8 Å². The van der Waals surface area contributed by atoms with E-state index in [0.717, 1.165) is 6.61 Å². The summed E-state index contributed by atoms with van der Waals surface area (Å²) in [4.78, 5) is 0. The molecular formula is C9H19NO. The molecule has 0 amide bonds. The first kappa shape index (κ1) is 9.01. The Morgan fingerprint density at radius 1 is 1.18 bits per heavy atom. The third kappa shape index (κ3) is 2.17. The van der Waals surface area contributed by atoms with Gasteiger partial charge in [0.25, 0.3) is 0 Å². The molecule has 1 unspecified atom stereocenters. The molecule has 0 aromatic rings. The zero-order chi connectivity index (χ0) is 8.43. The topological polar surface area (TPSA) is 21.3 Å². The van der Waals surface area contributed by atoms with E-state index in [4.69, 9.17) is 4.74 Å². The Labute approximate surface area is 69.3 Å². The zero-order valence-corrected chi connectivity index (χ0v) is 7.92. The molecule has 0 spiro atoms. The minimum absolute atomic E-state index is 0.280. The van der Waals surface area contributed by atoms with Gasteiger partial charge in [0.15, 0.2) is 0 Å². The van der Waals surface area contributed by atoms with Crippen LogP contribution in [0.5, 0.6) is 0 Å². The normalized spacial score (nSPS) is 32.2. The van der Waals surface area contributed by atoms with Crippen LogP contribution in [0.15, 0.2) is 0 Å². The van der Waals surface area contributed by atoms with Crippen LogP contribution in [0.3, 0.4) is 0 Å². The van der Waals surface area contributed by atoms with Gasteiger partial charge in [0.1, 0.15) is 6.23 Å². The van der Waals surface area contributed by atoms with Crippen LogP contribution in [-0.4, -0.2) is 18.9 Å². The second-order valence-corrected chi connectivity index (χ2v) is 4.02. The average molecular weight is 157 g/mol. The van der Waals surface area contributed by atoms with Crippen LogP contribution in [0.4, 0.5) is 0 Å². The van der Waals surface area contributed by atoms with Crippen molar-refractivity contribution >= 4 is 0 Å². The van der Waals surface area contributed by atoms with Gasteiger partial charge in [-0.3, -0.25) is 5.32 Å². The maximum Gasteiger partial charge on any atom is 0.110 e. The van der Waals surface area contributed by atoms with E-state index in [-0.39, 0.29) is 6.23 Å². The van der Waals surface area contributed by atoms with Gasteiger partial charge in [-0.2, -0.15) is 0 Å². The summed E-state index contributed by atoms with van der Waals surface area (Å²) in [5, 5.41) is 3.47. The monoisotopic (exact) mass is 157 g/mol. The molecule has 2 heteroatoms. The Morgan fingerprint density at radius 2 is 1.82 bits per heavy atom. The first-order valence-electron chi connectivity index (χ1n) is 4.49. The van der Waals surface area contributed by atoms with E-state index < -0.39 is 0 Å². The molecule has 0 aliphatic carbocycles. The lowest BCUT2D eigenvalue weighted by atomic mass is 10.1. The molecule has 1 aliphatic rings. The minimum atomic E-state index is 0.280. The standard InChI is InChI=1S/C9H19NO/c1-6(2)8-5-11-9(10-8)7(3)4/h6-10H,5H2,1-4H3/t8-,9?/m1/s1. The van der Waals surface area contributed by atoms with Crippen molar-refractivity contribution < 1.29 is 4.74 Å². The van der Waals surface area contributed by atoms with Crippen molar-refractivity contribution in [3.8, 4) is 0 Å². The summed E-state index contributed by atoms with van der Waals surface area (Å²) >= 11 is 0. The van der Waals surface area contributed by atoms with Gasteiger partial charge in [0.05, 0.1) is 6.61 Å². The summed E-state index contributed by atoms with van der Waals surface area (Å²) in [6.07, 6.45) is 0.280. The van der Waals surface area contributed by atoms with Crippen molar-refractivity contribution in [2.45, 2.75) is 40.0 Å². The van der Waals surface area contributed by atoms with E-state index in [1.807, 2.05) is 0 Å². The van der Waals surface area contributed by atoms with E-state index in [9.17, 15) is 0 Å². The fourth-order valence-corrected chi connectivity index (χ4v) is 1.28. The minimum Gasteiger partial charge on any atom is -0.361 e. The van der Waals surface area contributed by atoms with Crippen LogP contribution in [0.25, 0.3) is 0 Å². The van der Waals surface area contributed by atoms with Crippen molar-refractivity contribution in [2.75, 3.05) is 6.61 Å². The molecule has 2 atom stereocenters. The molecule has 1 aliphatic heterocycles. The Balaban J connectivity index is 2.35. The molecule has 1 N–H and O–H groups in total. The predicted molar refractivity (Wildman–Crippen MR) is 46.3 cm³/mol. The van der Waals surface area contributed by atoms with Crippen molar-refractivity contribution in [3.05, 3.63) is 0 Å². The van der Waals surface area contributed by atoms with Crippen molar-refractivity contribution in [2.24, 2.45) is 11.8 Å². The SMILES string of the molecule is CC(C)C1N[C@@H](C(C)C)CO1. The molecule has 1 fully saturated rings. The Bertz CT molecular complexity index is 109. The second-order valence-electron chi connectivity index (χ2n) is 4.02. The molecular weight excluding hydrogens is 138 g/mol. The van der Waals surface area contributed by atoms with Gasteiger partial charge < -0.3 is 4.74 Å². The Hall–Kier alpha value is -0.0800. The summed E-state index contributed by atoms with van der Waals surface area (Å²) in [5.41, 5.74) is 0. The lowest BCUT2D eigenvalue weighted by molar-refractivity contribution is 0.0641. The molecule has 2 nitrogen and oxygen atoms in total. The van der Waals surface area contributed by atoms with E-state index in [2.05, 4.69) is 33.0 Å². The maximum atomic E-state index is 5.58. The molecule has 0 bridgehead atoms. The molecule has 0 saturated carbocycles. The zero-order valence-electron chi connectivity index (χ0n) is 7.92. The largest absolute Gasteiger partial charge is 0.361 e. The predicted octanol–water partition coefficient (Wildman–Crippen LogP) is 1.61. The van der Waals surface area contributed by atoms with Gasteiger partial charge >= 0.3 is 0 Å². The van der Waals surface area contributed by atoms with Crippen LogP contribution in [-0.2, 0) is 4.74 Å². The first-order valence-corrected chi connectivity index (χ1v) is 4.49. The second kappa shape index (κ2) is 3.55. The number of hydrogen-bond acceptors (Lipinski definition) is 2. The quantitative estimate of drug-likeness (QED) is 0.657. The highest BCUT2D eigenvalue weighted by atomic mass is 16.5. The van der Waals surface area contributed by atoms with Gasteiger partial charge in [0, 0.05) is 6.04 Å². The molecule has 0 aromatic heterocycles. The molecule has 1 heterocycles. The summed E-state index contributed by atoms with van der Waals surface area (Å²) in [7, 11) is 0. The average Bonchev–Trinajstić information content (AvgIpc) is 2.33. The molecule has 0 radical (unpaired) electrons. The fourth-order valence-electron chi connectivity index (χ4n) is 1.28. The van der Waals surface area contributed by atoms with Gasteiger partial charge in [-0.15, -0.1) is 0 Å². The van der Waals surface area contributed by atoms with E-state index in [1.54, 1.807) is 0 Å². The number of ether oxygens (including phenoxy) is 1. The number of nitrogens with one attached hydrogen (secondary N) is 1. The number of hydrogen-bond donors (Lipinski definition) is 1. The Kier molecular flexibility index (Phi) is 2.90. The van der Waals surface area contributed by atoms with E-state index in [0.29, 0.717) is 17.9 Å². The highest BCUT2D eigenvalue weighted by Gasteiger charge is 2.27. The summed E-state index contributed by atoms with van der Waals surface area (Å²) in [5.74, 6) is 1.26. The maximum absolute atomic E-state index is 5.58. The number of rotatable bonds is 2. The molecule has 66 valence electrons. The van der Waals surface area contributed by atoms with Crippen molar-refractivity contribution in [3.63, 3.8) is 0 Å². The van der Waals surface area contributed by atoms with Gasteiger partial charge in [0.2, 0.25) is 0 Å². The van der Waals surface area contributed by atoms with Crippen LogP contribution < -0.4 is 5.32 Å². The van der Waals surface area contributed by atoms with E-state index >= 15 is 0 Å². The highest BCUT2D eigenvalue weighted by molar-refractivity contribution is 4.79. The lowest BCUT2D eigenvalue weighted by Gasteiger charge is -2.16. The molecule has 0 aromatic carbocycles. The van der Waals surface area contributed by atoms with Gasteiger partial charge in [-0.05, 0) is 11.8 Å². The smallest absolute Gasteiger partial charge is 0.110 e. The summed E-state index contributed by atoms with van der Waals surface area (Å²) < 4.78 is 5.58. The third-order valence-corrected chi connectivity index (χ3v) is 2.24. The fraction of sp³-hybridized carbons (Fsp3) is 1.00. The van der Waals surface area contributed by atoms with Gasteiger partial charge in [-0.25, -0.2) is 0 Å². The summed E-state index contributed by atoms with van der Waals surface area (Å²) in [6.45, 7) is 9.69. The van der Waals surface area contributed by atoms with Gasteiger partial charge in [-0.1, -0.05) is 27.7 Å². The summed E-state index contributed by atoms with van der Waals surface area (Å²) in [6, 6.07) is 0.558. The van der Waals surface area contributed by atoms with Crippen molar-refractivity contribution in [1.82, 2.24) is 5.32 Å². The first-order chi connectivity index (χ1) is 5.11. The highest BCUT2D eigenvalue weighted by Crippen LogP contribution is 2.15. The molecule has 11 heavy (non-hydrogen) atoms. The lowest BCUT2D eigenvalue weighted by Crippen LogP contribution is -2.36. The molecule has 1 rings (SSSR count). The van der Waals surface area contributed by atoms with E-state index in [1.165, 1.54) is 0 Å². The Morgan fingerprint density at radius 3 is 2.09 bits per heavy atom. The van der Waals surface area contributed by atoms with Crippen LogP contribution >= 0.6 is 0 Å². The van der Waals surface area contributed by atoms with Crippen LogP contribution in [0.2, 0.25) is 0 Å². The van der Waals surface area contributed by atoms with Crippen LogP contribution in [0.1, 0.15) is 27.7 Å².